The van der Waals surface area contributed by atoms with E-state index in [9.17, 15) is 4.79 Å². The summed E-state index contributed by atoms with van der Waals surface area (Å²) < 4.78 is 23.1. The van der Waals surface area contributed by atoms with E-state index >= 15 is 0 Å². The molecular weight excluding hydrogens is 414 g/mol. The second-order valence-corrected chi connectivity index (χ2v) is 8.11. The lowest BCUT2D eigenvalue weighted by Gasteiger charge is -2.24. The molecule has 1 amide bonds. The summed E-state index contributed by atoms with van der Waals surface area (Å²) in [5.41, 5.74) is 2.85. The van der Waals surface area contributed by atoms with Crippen molar-refractivity contribution in [2.75, 3.05) is 33.1 Å². The summed E-state index contributed by atoms with van der Waals surface area (Å²) in [4.78, 5) is 25.0. The number of fused-ring (bicyclic) bond motifs is 2. The van der Waals surface area contributed by atoms with Crippen LogP contribution in [0.25, 0.3) is 22.3 Å². The third kappa shape index (κ3) is 3.51. The molecule has 166 valence electrons. The van der Waals surface area contributed by atoms with Gasteiger partial charge in [0.2, 0.25) is 6.79 Å². The highest BCUT2D eigenvalue weighted by Gasteiger charge is 2.29. The zero-order valence-electron chi connectivity index (χ0n) is 17.3. The van der Waals surface area contributed by atoms with Crippen LogP contribution in [0.2, 0.25) is 0 Å². The SMILES string of the molecule is O=C(NC1CNCCO1)c1c[nH]c2c(-c3c(OCC4CC4)ccc4c3OCO4)ncnc12. The van der Waals surface area contributed by atoms with Gasteiger partial charge in [0.1, 0.15) is 29.5 Å². The van der Waals surface area contributed by atoms with E-state index < -0.39 is 0 Å². The van der Waals surface area contributed by atoms with Gasteiger partial charge in [-0.15, -0.1) is 0 Å². The molecule has 0 radical (unpaired) electrons. The lowest BCUT2D eigenvalue weighted by Crippen LogP contribution is -2.48. The third-order valence-electron chi connectivity index (χ3n) is 5.84. The molecular formula is C22H23N5O5. The first-order chi connectivity index (χ1) is 15.8. The Kier molecular flexibility index (Phi) is 4.80. The molecule has 10 heteroatoms. The lowest BCUT2D eigenvalue weighted by atomic mass is 10.1. The molecule has 1 unspecified atom stereocenters. The maximum Gasteiger partial charge on any atom is 0.257 e. The number of benzene rings is 1. The second kappa shape index (κ2) is 7.95. The number of morpholine rings is 1. The fourth-order valence-corrected chi connectivity index (χ4v) is 3.97. The first-order valence-electron chi connectivity index (χ1n) is 10.8. The van der Waals surface area contributed by atoms with Crippen molar-refractivity contribution in [2.45, 2.75) is 19.1 Å². The van der Waals surface area contributed by atoms with Gasteiger partial charge in [0.05, 0.1) is 29.9 Å². The zero-order chi connectivity index (χ0) is 21.5. The van der Waals surface area contributed by atoms with Gasteiger partial charge in [0.15, 0.2) is 11.5 Å². The van der Waals surface area contributed by atoms with Gasteiger partial charge in [-0.05, 0) is 30.9 Å². The van der Waals surface area contributed by atoms with Gasteiger partial charge >= 0.3 is 0 Å². The summed E-state index contributed by atoms with van der Waals surface area (Å²) >= 11 is 0. The first kappa shape index (κ1) is 19.3. The van der Waals surface area contributed by atoms with Crippen LogP contribution < -0.4 is 24.8 Å². The largest absolute Gasteiger partial charge is 0.492 e. The number of hydrogen-bond donors (Lipinski definition) is 3. The molecule has 3 aliphatic rings. The Balaban J connectivity index is 1.38. The minimum Gasteiger partial charge on any atom is -0.492 e. The van der Waals surface area contributed by atoms with E-state index in [0.29, 0.717) is 70.8 Å². The molecule has 2 aliphatic heterocycles. The number of H-pyrrole nitrogens is 1. The van der Waals surface area contributed by atoms with Gasteiger partial charge in [0.25, 0.3) is 5.91 Å². The smallest absolute Gasteiger partial charge is 0.257 e. The molecule has 4 heterocycles. The molecule has 6 rings (SSSR count). The molecule has 3 aromatic rings. The van der Waals surface area contributed by atoms with Crippen molar-refractivity contribution >= 4 is 16.9 Å². The standard InChI is InChI=1S/C22H23N5O5/c28-22(27-16-8-23-5-6-29-16)13-7-24-20-18(13)25-10-26-19(20)17-14(30-9-12-1-2-12)3-4-15-21(17)32-11-31-15/h3-4,7,10,12,16,23-24H,1-2,5-6,8-9,11H2,(H,27,28). The number of aromatic amines is 1. The average Bonchev–Trinajstić information content (AvgIpc) is 3.34. The van der Waals surface area contributed by atoms with E-state index in [2.05, 4.69) is 25.6 Å². The fourth-order valence-electron chi connectivity index (χ4n) is 3.97. The van der Waals surface area contributed by atoms with E-state index in [-0.39, 0.29) is 18.9 Å². The molecule has 1 aromatic carbocycles. The van der Waals surface area contributed by atoms with Crippen molar-refractivity contribution in [3.05, 3.63) is 30.2 Å². The van der Waals surface area contributed by atoms with E-state index in [0.717, 1.165) is 6.54 Å². The van der Waals surface area contributed by atoms with Crippen LogP contribution in [0.5, 0.6) is 17.2 Å². The van der Waals surface area contributed by atoms with E-state index in [1.54, 1.807) is 6.20 Å². The van der Waals surface area contributed by atoms with Crippen LogP contribution >= 0.6 is 0 Å². The Labute approximate surface area is 183 Å². The number of nitrogens with one attached hydrogen (secondary N) is 3. The normalized spacial score (nSPS) is 19.8. The van der Waals surface area contributed by atoms with Crippen LogP contribution in [0.1, 0.15) is 23.2 Å². The van der Waals surface area contributed by atoms with Crippen molar-refractivity contribution in [3.63, 3.8) is 0 Å². The number of amides is 1. The summed E-state index contributed by atoms with van der Waals surface area (Å²) in [6.45, 7) is 2.67. The average molecular weight is 437 g/mol. The molecule has 1 saturated carbocycles. The fraction of sp³-hybridized carbons (Fsp3) is 0.409. The zero-order valence-corrected chi connectivity index (χ0v) is 17.3. The Morgan fingerprint density at radius 1 is 1.25 bits per heavy atom. The lowest BCUT2D eigenvalue weighted by molar-refractivity contribution is 0.00839. The minimum atomic E-state index is -0.382. The van der Waals surface area contributed by atoms with E-state index in [4.69, 9.17) is 18.9 Å². The van der Waals surface area contributed by atoms with Gasteiger partial charge in [-0.1, -0.05) is 0 Å². The van der Waals surface area contributed by atoms with Gasteiger partial charge in [-0.2, -0.15) is 0 Å². The molecule has 32 heavy (non-hydrogen) atoms. The summed E-state index contributed by atoms with van der Waals surface area (Å²) in [5, 5.41) is 6.09. The number of aromatic nitrogens is 3. The highest BCUT2D eigenvalue weighted by Crippen LogP contribution is 2.48. The molecule has 0 bridgehead atoms. The molecule has 0 spiro atoms. The van der Waals surface area contributed by atoms with Gasteiger partial charge < -0.3 is 34.6 Å². The highest BCUT2D eigenvalue weighted by molar-refractivity contribution is 6.08. The van der Waals surface area contributed by atoms with E-state index in [1.807, 2.05) is 12.1 Å². The maximum absolute atomic E-state index is 12.9. The quantitative estimate of drug-likeness (QED) is 0.534. The molecule has 3 N–H and O–H groups in total. The highest BCUT2D eigenvalue weighted by atomic mass is 16.7. The Morgan fingerprint density at radius 3 is 3.03 bits per heavy atom. The van der Waals surface area contributed by atoms with Crippen LogP contribution in [-0.4, -0.2) is 60.2 Å². The number of nitrogens with zero attached hydrogens (tertiary/aromatic N) is 2. The molecule has 1 saturated heterocycles. The van der Waals surface area contributed by atoms with Crippen LogP contribution in [0.15, 0.2) is 24.7 Å². The molecule has 2 fully saturated rings. The Morgan fingerprint density at radius 2 is 2.19 bits per heavy atom. The summed E-state index contributed by atoms with van der Waals surface area (Å²) in [6, 6.07) is 3.72. The van der Waals surface area contributed by atoms with Crippen molar-refractivity contribution in [1.82, 2.24) is 25.6 Å². The summed E-state index contributed by atoms with van der Waals surface area (Å²) in [6.07, 6.45) is 5.08. The number of carbonyl (C=O) groups excluding carboxylic acids is 1. The van der Waals surface area contributed by atoms with Crippen LogP contribution in [-0.2, 0) is 4.74 Å². The van der Waals surface area contributed by atoms with Crippen molar-refractivity contribution in [3.8, 4) is 28.5 Å². The predicted molar refractivity (Wildman–Crippen MR) is 114 cm³/mol. The number of hydrogen-bond acceptors (Lipinski definition) is 8. The van der Waals surface area contributed by atoms with Crippen LogP contribution in [0.4, 0.5) is 0 Å². The summed E-state index contributed by atoms with van der Waals surface area (Å²) in [7, 11) is 0. The van der Waals surface area contributed by atoms with Crippen molar-refractivity contribution in [2.24, 2.45) is 5.92 Å². The van der Waals surface area contributed by atoms with Crippen LogP contribution in [0.3, 0.4) is 0 Å². The van der Waals surface area contributed by atoms with Crippen molar-refractivity contribution in [1.29, 1.82) is 0 Å². The number of rotatable bonds is 6. The Hall–Kier alpha value is -3.37. The topological polar surface area (TPSA) is 120 Å². The first-order valence-corrected chi connectivity index (χ1v) is 10.8. The van der Waals surface area contributed by atoms with E-state index in [1.165, 1.54) is 19.2 Å². The van der Waals surface area contributed by atoms with Gasteiger partial charge in [-0.3, -0.25) is 4.79 Å². The molecule has 1 atom stereocenters. The van der Waals surface area contributed by atoms with Gasteiger partial charge in [0, 0.05) is 19.3 Å². The third-order valence-corrected chi connectivity index (χ3v) is 5.84. The van der Waals surface area contributed by atoms with Gasteiger partial charge in [-0.25, -0.2) is 9.97 Å². The maximum atomic E-state index is 12.9. The van der Waals surface area contributed by atoms with Crippen molar-refractivity contribution < 1.29 is 23.7 Å². The Bertz CT molecular complexity index is 1170. The molecule has 10 nitrogen and oxygen atoms in total. The van der Waals surface area contributed by atoms with Crippen LogP contribution in [0, 0.1) is 5.92 Å². The number of ether oxygens (including phenoxy) is 4. The number of carbonyl (C=O) groups is 1. The second-order valence-electron chi connectivity index (χ2n) is 8.11. The predicted octanol–water partition coefficient (Wildman–Crippen LogP) is 1.82. The molecule has 2 aromatic heterocycles. The summed E-state index contributed by atoms with van der Waals surface area (Å²) in [5.74, 6) is 2.22. The monoisotopic (exact) mass is 437 g/mol. The molecule has 1 aliphatic carbocycles. The minimum absolute atomic E-state index is 0.135.